The number of phenols is 1. The van der Waals surface area contributed by atoms with Crippen molar-refractivity contribution in [1.29, 1.82) is 0 Å². The molecule has 1 aromatic carbocycles. The van der Waals surface area contributed by atoms with Crippen molar-refractivity contribution in [3.63, 3.8) is 0 Å². The first-order chi connectivity index (χ1) is 6.75. The van der Waals surface area contributed by atoms with Gasteiger partial charge in [0.25, 0.3) is 0 Å². The Morgan fingerprint density at radius 1 is 1.00 bits per heavy atom. The number of phenolic OH excluding ortho intramolecular Hbond substituents is 1. The molecule has 1 aliphatic heterocycles. The minimum absolute atomic E-state index is 0.324. The monoisotopic (exact) mass is 191 g/mol. The number of rotatable bonds is 1. The van der Waals surface area contributed by atoms with Gasteiger partial charge in [0.1, 0.15) is 5.75 Å². The molecule has 1 N–H and O–H groups in total. The summed E-state index contributed by atoms with van der Waals surface area (Å²) < 4.78 is 0. The van der Waals surface area contributed by atoms with Gasteiger partial charge in [-0.3, -0.25) is 4.90 Å². The summed E-state index contributed by atoms with van der Waals surface area (Å²) in [4.78, 5) is 4.39. The summed E-state index contributed by atoms with van der Waals surface area (Å²) in [5, 5.41) is 9.16. The summed E-state index contributed by atoms with van der Waals surface area (Å²) in [6.07, 6.45) is 0. The van der Waals surface area contributed by atoms with Gasteiger partial charge in [0.05, 0.1) is 0 Å². The predicted molar refractivity (Wildman–Crippen MR) is 57.2 cm³/mol. The number of benzene rings is 1. The van der Waals surface area contributed by atoms with Crippen LogP contribution < -0.4 is 4.90 Å². The minimum Gasteiger partial charge on any atom is -0.508 e. The number of nitrogens with zero attached hydrogens (tertiary/aromatic N) is 2. The van der Waals surface area contributed by atoms with E-state index in [1.807, 2.05) is 12.1 Å². The molecule has 3 nitrogen and oxygen atoms in total. The van der Waals surface area contributed by atoms with Gasteiger partial charge in [-0.05, 0) is 24.3 Å². The summed E-state index contributed by atoms with van der Waals surface area (Å²) in [5.74, 6) is 0.324. The van der Waals surface area contributed by atoms with E-state index in [9.17, 15) is 0 Å². The first-order valence-corrected chi connectivity index (χ1v) is 4.85. The van der Waals surface area contributed by atoms with Crippen molar-refractivity contribution in [3.8, 4) is 5.75 Å². The molecule has 14 heavy (non-hydrogen) atoms. The van der Waals surface area contributed by atoms with Gasteiger partial charge in [0, 0.05) is 38.9 Å². The molecule has 1 aromatic rings. The minimum atomic E-state index is 0.324. The molecule has 0 saturated carbocycles. The van der Waals surface area contributed by atoms with Crippen LogP contribution >= 0.6 is 0 Å². The van der Waals surface area contributed by atoms with E-state index >= 15 is 0 Å². The topological polar surface area (TPSA) is 26.7 Å². The fourth-order valence-electron chi connectivity index (χ4n) is 1.67. The molecule has 0 spiro atoms. The van der Waals surface area contributed by atoms with Gasteiger partial charge in [0.15, 0.2) is 0 Å². The molecule has 1 heterocycles. The third-order valence-electron chi connectivity index (χ3n) is 2.59. The van der Waals surface area contributed by atoms with Crippen LogP contribution in [0.2, 0.25) is 0 Å². The molecule has 75 valence electrons. The lowest BCUT2D eigenvalue weighted by molar-refractivity contribution is 0.344. The number of piperazine rings is 1. The fraction of sp³-hybridized carbons (Fsp3) is 0.364. The van der Waals surface area contributed by atoms with Crippen molar-refractivity contribution in [2.24, 2.45) is 0 Å². The molecule has 3 heteroatoms. The van der Waals surface area contributed by atoms with Gasteiger partial charge in [-0.2, -0.15) is 0 Å². The molecule has 1 fully saturated rings. The normalized spacial score (nSPS) is 18.5. The number of hydrogen-bond acceptors (Lipinski definition) is 3. The lowest BCUT2D eigenvalue weighted by Gasteiger charge is -2.33. The Hall–Kier alpha value is -1.22. The van der Waals surface area contributed by atoms with E-state index in [1.165, 1.54) is 5.69 Å². The van der Waals surface area contributed by atoms with E-state index in [0.717, 1.165) is 26.2 Å². The zero-order valence-corrected chi connectivity index (χ0v) is 8.19. The van der Waals surface area contributed by atoms with Gasteiger partial charge in [-0.25, -0.2) is 0 Å². The van der Waals surface area contributed by atoms with Crippen LogP contribution in [0.4, 0.5) is 5.69 Å². The van der Waals surface area contributed by atoms with Crippen LogP contribution in [-0.2, 0) is 0 Å². The Morgan fingerprint density at radius 3 is 2.14 bits per heavy atom. The zero-order valence-electron chi connectivity index (χ0n) is 8.19. The van der Waals surface area contributed by atoms with Gasteiger partial charge in [-0.1, -0.05) is 0 Å². The predicted octanol–water partition coefficient (Wildman–Crippen LogP) is 1.31. The van der Waals surface area contributed by atoms with Crippen LogP contribution in [-0.4, -0.2) is 36.2 Å². The van der Waals surface area contributed by atoms with E-state index in [1.54, 1.807) is 12.1 Å². The molecule has 0 bridgehead atoms. The van der Waals surface area contributed by atoms with Crippen molar-refractivity contribution < 1.29 is 5.11 Å². The molecule has 0 amide bonds. The van der Waals surface area contributed by atoms with Crippen molar-refractivity contribution in [2.75, 3.05) is 31.1 Å². The molecule has 0 atom stereocenters. The highest BCUT2D eigenvalue weighted by molar-refractivity contribution is 5.49. The summed E-state index contributed by atoms with van der Waals surface area (Å²) >= 11 is 0. The van der Waals surface area contributed by atoms with Crippen LogP contribution in [0.15, 0.2) is 24.3 Å². The molecular formula is C11H15N2O. The number of aromatic hydroxyl groups is 1. The quantitative estimate of drug-likeness (QED) is 0.725. The van der Waals surface area contributed by atoms with Crippen molar-refractivity contribution in [2.45, 2.75) is 0 Å². The lowest BCUT2D eigenvalue weighted by atomic mass is 10.2. The maximum atomic E-state index is 9.16. The van der Waals surface area contributed by atoms with Crippen LogP contribution in [0.25, 0.3) is 0 Å². The van der Waals surface area contributed by atoms with E-state index in [0.29, 0.717) is 5.75 Å². The molecule has 0 aromatic heterocycles. The standard InChI is InChI=1S/C11H15N2O/c1-12-6-8-13(9-7-12)10-2-4-11(14)5-3-10/h2-5,14H,1,6-9H2. The highest BCUT2D eigenvalue weighted by atomic mass is 16.3. The first kappa shape index (κ1) is 9.34. The second-order valence-corrected chi connectivity index (χ2v) is 3.62. The molecular weight excluding hydrogens is 176 g/mol. The SMILES string of the molecule is [CH2]N1CCN(c2ccc(O)cc2)CC1. The Kier molecular flexibility index (Phi) is 2.59. The fourth-order valence-corrected chi connectivity index (χ4v) is 1.67. The first-order valence-electron chi connectivity index (χ1n) is 4.85. The van der Waals surface area contributed by atoms with E-state index in [-0.39, 0.29) is 0 Å². The molecule has 0 aliphatic carbocycles. The number of hydrogen-bond donors (Lipinski definition) is 1. The average Bonchev–Trinajstić information content (AvgIpc) is 2.21. The van der Waals surface area contributed by atoms with Gasteiger partial charge >= 0.3 is 0 Å². The van der Waals surface area contributed by atoms with E-state index in [4.69, 9.17) is 5.11 Å². The molecule has 1 aliphatic rings. The Balaban J connectivity index is 2.05. The van der Waals surface area contributed by atoms with E-state index in [2.05, 4.69) is 16.8 Å². The summed E-state index contributed by atoms with van der Waals surface area (Å²) in [6, 6.07) is 7.36. The summed E-state index contributed by atoms with van der Waals surface area (Å²) in [7, 11) is 3.91. The van der Waals surface area contributed by atoms with Crippen LogP contribution in [0.5, 0.6) is 5.75 Å². The second-order valence-electron chi connectivity index (χ2n) is 3.62. The van der Waals surface area contributed by atoms with Crippen molar-refractivity contribution >= 4 is 5.69 Å². The van der Waals surface area contributed by atoms with E-state index < -0.39 is 0 Å². The van der Waals surface area contributed by atoms with Crippen LogP contribution in [0, 0.1) is 7.05 Å². The Bertz CT molecular complexity index is 289. The third-order valence-corrected chi connectivity index (χ3v) is 2.59. The summed E-state index contributed by atoms with van der Waals surface area (Å²) in [6.45, 7) is 4.02. The van der Waals surface area contributed by atoms with Crippen molar-refractivity contribution in [3.05, 3.63) is 31.3 Å². The maximum absolute atomic E-state index is 9.16. The number of anilines is 1. The van der Waals surface area contributed by atoms with Crippen LogP contribution in [0.1, 0.15) is 0 Å². The Labute approximate surface area is 84.6 Å². The summed E-state index contributed by atoms with van der Waals surface area (Å²) in [5.41, 5.74) is 1.18. The van der Waals surface area contributed by atoms with Gasteiger partial charge in [0.2, 0.25) is 0 Å². The molecule has 1 radical (unpaired) electrons. The largest absolute Gasteiger partial charge is 0.508 e. The average molecular weight is 191 g/mol. The smallest absolute Gasteiger partial charge is 0.115 e. The maximum Gasteiger partial charge on any atom is 0.115 e. The lowest BCUT2D eigenvalue weighted by Crippen LogP contribution is -2.43. The van der Waals surface area contributed by atoms with Gasteiger partial charge < -0.3 is 10.0 Å². The second kappa shape index (κ2) is 3.88. The van der Waals surface area contributed by atoms with Gasteiger partial charge in [-0.15, -0.1) is 0 Å². The zero-order chi connectivity index (χ0) is 9.97. The van der Waals surface area contributed by atoms with Crippen molar-refractivity contribution in [1.82, 2.24) is 4.90 Å². The molecule has 2 rings (SSSR count). The molecule has 0 unspecified atom stereocenters. The highest BCUT2D eigenvalue weighted by Gasteiger charge is 2.13. The van der Waals surface area contributed by atoms with Crippen LogP contribution in [0.3, 0.4) is 0 Å². The third kappa shape index (κ3) is 1.99. The molecule has 1 saturated heterocycles. The Morgan fingerprint density at radius 2 is 1.57 bits per heavy atom. The highest BCUT2D eigenvalue weighted by Crippen LogP contribution is 2.19.